The fourth-order valence-electron chi connectivity index (χ4n) is 13.5. The summed E-state index contributed by atoms with van der Waals surface area (Å²) in [6.45, 7) is 11.0. The number of aromatic nitrogens is 2. The number of hydrogen-bond acceptors (Lipinski definition) is 29. The summed E-state index contributed by atoms with van der Waals surface area (Å²) in [7, 11) is -5.73. The number of Topliss-reactive ketones (excluding diaryl/α,β-unsaturated/α-hetero) is 8. The van der Waals surface area contributed by atoms with Crippen LogP contribution in [0.2, 0.25) is 23.3 Å². The topological polar surface area (TPSA) is 516 Å². The van der Waals surface area contributed by atoms with E-state index in [-0.39, 0.29) is 163 Å². The Balaban J connectivity index is 0.000000280. The van der Waals surface area contributed by atoms with Gasteiger partial charge in [-0.25, -0.2) is 4.98 Å². The Morgan fingerprint density at radius 2 is 0.873 bits per heavy atom. The summed E-state index contributed by atoms with van der Waals surface area (Å²) < 4.78 is 32.2. The van der Waals surface area contributed by atoms with E-state index in [1.165, 1.54) is 34.6 Å². The first-order valence-electron chi connectivity index (χ1n) is 38.2. The van der Waals surface area contributed by atoms with Crippen molar-refractivity contribution in [1.82, 2.24) is 15.3 Å². The summed E-state index contributed by atoms with van der Waals surface area (Å²) in [5.41, 5.74) is 18.3. The fourth-order valence-corrected chi connectivity index (χ4v) is 13.5. The predicted octanol–water partition coefficient (Wildman–Crippen LogP) is 3.85. The van der Waals surface area contributed by atoms with Crippen LogP contribution < -0.4 is 27.8 Å². The van der Waals surface area contributed by atoms with E-state index in [1.54, 1.807) is 26.2 Å². The number of hydrogen-bond donors (Lipinski definition) is 13. The van der Waals surface area contributed by atoms with Gasteiger partial charge < -0.3 is 96.1 Å². The molecule has 15 atom stereocenters. The van der Waals surface area contributed by atoms with Crippen LogP contribution in [0.1, 0.15) is 213 Å². The zero-order valence-electron chi connectivity index (χ0n) is 64.5. The second-order valence-electron chi connectivity index (χ2n) is 29.5. The van der Waals surface area contributed by atoms with Crippen LogP contribution >= 0.6 is 0 Å². The number of carboxylic acid groups (broad SMARTS) is 1. The van der Waals surface area contributed by atoms with E-state index < -0.39 is 72.8 Å². The van der Waals surface area contributed by atoms with Crippen LogP contribution in [0, 0.1) is 0 Å². The number of nitrogens with two attached hydrogens (primary N) is 3. The van der Waals surface area contributed by atoms with Crippen LogP contribution in [0.5, 0.6) is 0 Å². The van der Waals surface area contributed by atoms with E-state index >= 15 is 0 Å². The number of carboxylic acids is 1. The smallest absolute Gasteiger partial charge is 0.478 e. The van der Waals surface area contributed by atoms with E-state index in [9.17, 15) is 83.2 Å². The molecule has 2 aromatic heterocycles. The number of aliphatic carboxylic acids is 1. The number of anilines is 1. The summed E-state index contributed by atoms with van der Waals surface area (Å²) in [4.78, 5) is 120. The Morgan fingerprint density at radius 3 is 1.26 bits per heavy atom. The van der Waals surface area contributed by atoms with Gasteiger partial charge in [-0.15, -0.1) is 0 Å². The summed E-state index contributed by atoms with van der Waals surface area (Å²) in [6.07, 6.45) is 13.5. The van der Waals surface area contributed by atoms with Gasteiger partial charge in [-0.1, -0.05) is 42.5 Å². The fraction of sp³-hybridized carbons (Fsp3) is 0.644. The molecule has 0 spiro atoms. The van der Waals surface area contributed by atoms with Crippen molar-refractivity contribution >= 4 is 107 Å². The Bertz CT molecular complexity index is 3220. The molecule has 0 aliphatic carbocycles. The van der Waals surface area contributed by atoms with Gasteiger partial charge >= 0.3 is 48.7 Å². The molecule has 110 heavy (non-hydrogen) atoms. The molecule has 6 aliphatic heterocycles. The van der Waals surface area contributed by atoms with Crippen molar-refractivity contribution in [2.75, 3.05) is 11.9 Å². The summed E-state index contributed by atoms with van der Waals surface area (Å²) in [6, 6.07) is 18.8. The number of carbonyl (C=O) groups excluding carboxylic acids is 9. The number of pyridine rings is 2. The van der Waals surface area contributed by atoms with E-state index in [4.69, 9.17) is 50.2 Å². The number of rotatable bonds is 30. The van der Waals surface area contributed by atoms with Crippen LogP contribution in [-0.2, 0) is 82.3 Å². The molecule has 16 N–H and O–H groups in total. The number of nitrogens with one attached hydrogen (secondary N) is 2. The molecule has 6 saturated heterocycles. The van der Waals surface area contributed by atoms with Crippen molar-refractivity contribution in [3.05, 3.63) is 90.4 Å². The van der Waals surface area contributed by atoms with Crippen molar-refractivity contribution in [1.29, 1.82) is 0 Å². The lowest BCUT2D eigenvalue weighted by atomic mass is 9.64. The standard InChI is InChI=1S/C16H22BNO4.C13H22BNO6.C13H18BNO3.C12H17BN2O3.C10H19BN2O4.C9H17BO4/c1-11(19)9-14-8-7-13(17(21)22-14)10-15(20)16(18)12-5-3-2-4-6-12;1-8(16)6-11-4-2-9(14(20)21-11)7-10(17)3-5-12(15)13(18)19;1-10(16)8-13-6-5-11(14(17)18-13)9-12-4-2-3-7-15-12;1-9(16)8-10-5-6-11(13(17)18-10)15-12-4-2-3-7-14-12;1-7(14)6-8-2-3-9(11(16)17-8)13-10(15)4-5-12;1-6(11)5-8-3-4-9(7(2)12)10(13)14-8/h2-6,13-14,16,21H,7-10,18H2,1H3;9,11-12,20H,2-7,15H2,1H3,(H,18,19);2-4,7,11,13,17H,5-6,8-9H2,1H3;2-4,7,10-11,17H,5-6,8H2,1H3,(H,14,15);8-9,16H,2-6,12H2,1H3,(H,13,15);7-9,12-13H,3-5H2,1-2H3/t13-,14+,16+;9-,11+,12+;11-,13+;10-,11-;8-,9-;7-,8+,9+/m111001/s1. The van der Waals surface area contributed by atoms with Gasteiger partial charge in [-0.05, 0) is 174 Å². The lowest BCUT2D eigenvalue weighted by molar-refractivity contribution is -0.139. The van der Waals surface area contributed by atoms with Crippen LogP contribution in [0.15, 0.2) is 79.1 Å². The van der Waals surface area contributed by atoms with Gasteiger partial charge in [0.15, 0.2) is 5.78 Å². The molecule has 1 aromatic carbocycles. The first kappa shape index (κ1) is 95.7. The van der Waals surface area contributed by atoms with Crippen molar-refractivity contribution in [2.24, 2.45) is 17.2 Å². The highest BCUT2D eigenvalue weighted by atomic mass is 16.6. The van der Waals surface area contributed by atoms with Crippen LogP contribution in [0.3, 0.4) is 0 Å². The molecule has 0 bridgehead atoms. The largest absolute Gasteiger partial charge is 0.480 e. The normalized spacial score (nSPS) is 24.6. The number of ketones is 8. The van der Waals surface area contributed by atoms with E-state index in [2.05, 4.69) is 20.6 Å². The van der Waals surface area contributed by atoms with E-state index in [0.29, 0.717) is 77.0 Å². The van der Waals surface area contributed by atoms with Crippen molar-refractivity contribution in [3.63, 3.8) is 0 Å². The quantitative estimate of drug-likeness (QED) is 0.0422. The summed E-state index contributed by atoms with van der Waals surface area (Å²) in [5.74, 6) is -1.80. The third-order valence-corrected chi connectivity index (χ3v) is 19.4. The molecule has 9 rings (SSSR count). The number of aliphatic hydroxyl groups is 1. The second kappa shape index (κ2) is 51.2. The Morgan fingerprint density at radius 1 is 0.473 bits per heavy atom. The average molecular weight is 1540 g/mol. The maximum Gasteiger partial charge on any atom is 0.478 e. The molecule has 1 amide bonds. The lowest BCUT2D eigenvalue weighted by Crippen LogP contribution is -2.53. The first-order chi connectivity index (χ1) is 52.1. The Labute approximate surface area is 647 Å². The summed E-state index contributed by atoms with van der Waals surface area (Å²) >= 11 is 0. The highest BCUT2D eigenvalue weighted by Crippen LogP contribution is 2.35. The first-order valence-corrected chi connectivity index (χ1v) is 38.2. The van der Waals surface area contributed by atoms with Gasteiger partial charge in [0.25, 0.3) is 0 Å². The zero-order chi connectivity index (χ0) is 81.6. The molecular weight excluding hydrogens is 1420 g/mol. The molecule has 0 radical (unpaired) electrons. The molecule has 6 fully saturated rings. The minimum atomic E-state index is -1.13. The highest BCUT2D eigenvalue weighted by Gasteiger charge is 2.42. The maximum atomic E-state index is 12.3. The number of aliphatic hydroxyl groups excluding tert-OH is 1. The van der Waals surface area contributed by atoms with E-state index in [0.717, 1.165) is 55.6 Å². The molecule has 6 aliphatic rings. The summed E-state index contributed by atoms with van der Waals surface area (Å²) in [5, 5.41) is 82.7. The molecule has 0 saturated carbocycles. The molecule has 37 heteroatoms. The van der Waals surface area contributed by atoms with Gasteiger partial charge in [0.2, 0.25) is 5.91 Å². The van der Waals surface area contributed by atoms with Crippen molar-refractivity contribution in [2.45, 2.75) is 293 Å². The van der Waals surface area contributed by atoms with E-state index in [1.807, 2.05) is 66.7 Å². The van der Waals surface area contributed by atoms with Crippen molar-refractivity contribution < 1.29 is 116 Å². The van der Waals surface area contributed by atoms with Gasteiger partial charge in [-0.3, -0.25) is 52.9 Å². The number of amides is 1. The SMILES string of the molecule is CC(=O)C[C@@H]1CC[C@@H]([C@@H](C)O)B(O)O1.CC(=O)C[C@@H]1CC[C@H](CC(=O)CC[C@H](N)C(=O)O)B(O)O1.CC(=O)C[C@@H]1CC[C@H](CC(=O)[C@@H](N)c2ccccc2)B(O)O1.CC(=O)C[C@@H]1CC[C@H](Cc2ccccn2)B(O)O1.CC(=O)C[C@@H]1CC[C@H](NC(=O)CCN)B(O)O1.CC(=O)C[C@@H]1CC[C@H](Nc2ccccn2)B(O)O1. The lowest BCUT2D eigenvalue weighted by Gasteiger charge is -2.32. The van der Waals surface area contributed by atoms with Gasteiger partial charge in [-0.2, -0.15) is 0 Å². The second-order valence-corrected chi connectivity index (χ2v) is 29.5. The highest BCUT2D eigenvalue weighted by molar-refractivity contribution is 6.47. The zero-order valence-corrected chi connectivity index (χ0v) is 64.5. The Kier molecular flexibility index (Phi) is 44.5. The predicted molar refractivity (Wildman–Crippen MR) is 414 cm³/mol. The van der Waals surface area contributed by atoms with Gasteiger partial charge in [0.1, 0.15) is 52.3 Å². The number of carbonyl (C=O) groups is 10. The van der Waals surface area contributed by atoms with Crippen LogP contribution in [0.4, 0.5) is 5.82 Å². The molecule has 3 aromatic rings. The Hall–Kier alpha value is -6.63. The minimum Gasteiger partial charge on any atom is -0.480 e. The molecule has 8 heterocycles. The van der Waals surface area contributed by atoms with Gasteiger partial charge in [0, 0.05) is 143 Å². The van der Waals surface area contributed by atoms with Gasteiger partial charge in [0.05, 0.1) is 24.0 Å². The molecule has 31 nitrogen and oxygen atoms in total. The third kappa shape index (κ3) is 38.3. The minimum absolute atomic E-state index is 0.00406. The average Bonchev–Trinajstić information content (AvgIpc) is 0.873. The molecule has 604 valence electrons. The van der Waals surface area contributed by atoms with Crippen LogP contribution in [-0.4, -0.2) is 218 Å². The van der Waals surface area contributed by atoms with Crippen LogP contribution in [0.25, 0.3) is 0 Å². The number of benzene rings is 1. The maximum absolute atomic E-state index is 12.3. The van der Waals surface area contributed by atoms with Crippen molar-refractivity contribution in [3.8, 4) is 0 Å². The molecule has 0 unspecified atom stereocenters. The monoisotopic (exact) mass is 1540 g/mol. The molecular formula is C73H115B6N7O24. The number of nitrogens with zero attached hydrogens (tertiary/aromatic N) is 2. The third-order valence-electron chi connectivity index (χ3n) is 19.4.